The van der Waals surface area contributed by atoms with Crippen LogP contribution in [0.2, 0.25) is 0 Å². The van der Waals surface area contributed by atoms with Crippen LogP contribution in [0, 0.1) is 10.5 Å². The van der Waals surface area contributed by atoms with E-state index in [0.717, 1.165) is 9.13 Å². The van der Waals surface area contributed by atoms with Crippen molar-refractivity contribution in [2.24, 2.45) is 0 Å². The van der Waals surface area contributed by atoms with E-state index in [1.165, 1.54) is 17.6 Å². The van der Waals surface area contributed by atoms with Crippen molar-refractivity contribution in [1.82, 2.24) is 5.48 Å². The van der Waals surface area contributed by atoms with E-state index in [1.807, 2.05) is 37.3 Å². The van der Waals surface area contributed by atoms with E-state index in [2.05, 4.69) is 27.9 Å². The standard InChI is InChI=1S/C27H27IN2O6/c1-18-11-14-20(15-12-18)29-27(33)36-26(22-17-19(28)13-16-23(22)31)24(9-5-6-10-25(32)30-34)35-21-7-3-2-4-8-21/h2-4,6-8,10-17,24,26,31,34H,5,9H2,1H3,(H,29,33)(H,30,32)/b10-6+/t24-,26-/m1/s1. The molecule has 0 fully saturated rings. The van der Waals surface area contributed by atoms with Gasteiger partial charge in [0.05, 0.1) is 0 Å². The topological polar surface area (TPSA) is 117 Å². The van der Waals surface area contributed by atoms with Gasteiger partial charge in [0.2, 0.25) is 0 Å². The third kappa shape index (κ3) is 8.28. The lowest BCUT2D eigenvalue weighted by molar-refractivity contribution is -0.124. The fourth-order valence-corrected chi connectivity index (χ4v) is 3.94. The van der Waals surface area contributed by atoms with E-state index < -0.39 is 24.2 Å². The van der Waals surface area contributed by atoms with E-state index in [9.17, 15) is 14.7 Å². The quantitative estimate of drug-likeness (QED) is 0.0997. The SMILES string of the molecule is Cc1ccc(NC(=O)O[C@H](c2cc(I)ccc2O)[C@@H](CC/C=C/C(=O)NO)Oc2ccccc2)cc1. The number of carbonyl (C=O) groups is 2. The van der Waals surface area contributed by atoms with Gasteiger partial charge in [0.25, 0.3) is 5.91 Å². The molecule has 3 aromatic rings. The summed E-state index contributed by atoms with van der Waals surface area (Å²) in [5.74, 6) is -0.145. The summed E-state index contributed by atoms with van der Waals surface area (Å²) in [7, 11) is 0. The number of ether oxygens (including phenoxy) is 2. The molecule has 3 rings (SSSR count). The number of phenols is 1. The number of rotatable bonds is 10. The van der Waals surface area contributed by atoms with Gasteiger partial charge in [0, 0.05) is 20.9 Å². The van der Waals surface area contributed by atoms with Gasteiger partial charge in [-0.25, -0.2) is 10.3 Å². The smallest absolute Gasteiger partial charge is 0.412 e. The molecule has 4 N–H and O–H groups in total. The van der Waals surface area contributed by atoms with Crippen molar-refractivity contribution in [3.63, 3.8) is 0 Å². The third-order valence-electron chi connectivity index (χ3n) is 5.19. The summed E-state index contributed by atoms with van der Waals surface area (Å²) in [6, 6.07) is 21.3. The minimum atomic E-state index is -0.981. The van der Waals surface area contributed by atoms with Crippen LogP contribution >= 0.6 is 22.6 Å². The highest BCUT2D eigenvalue weighted by Gasteiger charge is 2.31. The van der Waals surface area contributed by atoms with Gasteiger partial charge in [0.15, 0.2) is 6.10 Å². The van der Waals surface area contributed by atoms with Crippen LogP contribution in [-0.2, 0) is 9.53 Å². The maximum atomic E-state index is 12.9. The Hall–Kier alpha value is -3.57. The Morgan fingerprint density at radius 1 is 1.06 bits per heavy atom. The van der Waals surface area contributed by atoms with Crippen LogP contribution < -0.4 is 15.5 Å². The Kier molecular flexibility index (Phi) is 10.1. The summed E-state index contributed by atoms with van der Waals surface area (Å²) < 4.78 is 12.9. The second-order valence-corrected chi connectivity index (χ2v) is 9.19. The Labute approximate surface area is 223 Å². The van der Waals surface area contributed by atoms with Gasteiger partial charge >= 0.3 is 6.09 Å². The number of nitrogens with one attached hydrogen (secondary N) is 2. The number of para-hydroxylation sites is 1. The van der Waals surface area contributed by atoms with Crippen molar-refractivity contribution in [2.45, 2.75) is 32.0 Å². The van der Waals surface area contributed by atoms with Gasteiger partial charge in [-0.15, -0.1) is 0 Å². The molecule has 2 amide bonds. The molecule has 0 unspecified atom stereocenters. The van der Waals surface area contributed by atoms with Gasteiger partial charge in [-0.2, -0.15) is 0 Å². The molecule has 0 aromatic heterocycles. The molecule has 0 aliphatic rings. The normalized spacial score (nSPS) is 12.5. The van der Waals surface area contributed by atoms with Crippen LogP contribution in [0.5, 0.6) is 11.5 Å². The molecular formula is C27H27IN2O6. The van der Waals surface area contributed by atoms with E-state index in [0.29, 0.717) is 29.8 Å². The van der Waals surface area contributed by atoms with Crippen LogP contribution in [0.4, 0.5) is 10.5 Å². The minimum absolute atomic E-state index is 0.0413. The van der Waals surface area contributed by atoms with E-state index >= 15 is 0 Å². The highest BCUT2D eigenvalue weighted by Crippen LogP contribution is 2.35. The van der Waals surface area contributed by atoms with Crippen molar-refractivity contribution < 1.29 is 29.4 Å². The molecule has 0 aliphatic carbocycles. The number of halogens is 1. The number of hydrogen-bond donors (Lipinski definition) is 4. The first-order chi connectivity index (χ1) is 17.4. The van der Waals surface area contributed by atoms with Crippen LogP contribution in [0.25, 0.3) is 0 Å². The maximum absolute atomic E-state index is 12.9. The number of benzene rings is 3. The number of anilines is 1. The summed E-state index contributed by atoms with van der Waals surface area (Å²) in [5, 5.41) is 22.1. The van der Waals surface area contributed by atoms with Crippen molar-refractivity contribution in [3.05, 3.63) is 99.6 Å². The summed E-state index contributed by atoms with van der Waals surface area (Å²) >= 11 is 2.12. The third-order valence-corrected chi connectivity index (χ3v) is 5.86. The van der Waals surface area contributed by atoms with Crippen molar-refractivity contribution >= 4 is 40.3 Å². The van der Waals surface area contributed by atoms with Crippen molar-refractivity contribution in [2.75, 3.05) is 5.32 Å². The second kappa shape index (κ2) is 13.5. The lowest BCUT2D eigenvalue weighted by Crippen LogP contribution is -2.31. The lowest BCUT2D eigenvalue weighted by atomic mass is 9.99. The van der Waals surface area contributed by atoms with Crippen molar-refractivity contribution in [1.29, 1.82) is 0 Å². The van der Waals surface area contributed by atoms with Gasteiger partial charge in [0.1, 0.15) is 17.6 Å². The Morgan fingerprint density at radius 2 is 1.78 bits per heavy atom. The summed E-state index contributed by atoms with van der Waals surface area (Å²) in [4.78, 5) is 24.3. The number of phenolic OH excluding ortho intramolecular Hbond substituents is 1. The van der Waals surface area contributed by atoms with Crippen LogP contribution in [0.1, 0.15) is 30.1 Å². The average Bonchev–Trinajstić information content (AvgIpc) is 2.88. The van der Waals surface area contributed by atoms with Gasteiger partial charge in [-0.05, 0) is 84.8 Å². The number of allylic oxidation sites excluding steroid dienone is 1. The summed E-state index contributed by atoms with van der Waals surface area (Å²) in [5.41, 5.74) is 3.54. The fourth-order valence-electron chi connectivity index (χ4n) is 3.43. The number of hydroxylamine groups is 1. The van der Waals surface area contributed by atoms with Crippen LogP contribution in [0.3, 0.4) is 0 Å². The van der Waals surface area contributed by atoms with Crippen LogP contribution in [0.15, 0.2) is 84.9 Å². The van der Waals surface area contributed by atoms with E-state index in [1.54, 1.807) is 42.5 Å². The average molecular weight is 602 g/mol. The molecule has 36 heavy (non-hydrogen) atoms. The molecule has 0 saturated carbocycles. The first-order valence-corrected chi connectivity index (χ1v) is 12.3. The highest BCUT2D eigenvalue weighted by molar-refractivity contribution is 14.1. The van der Waals surface area contributed by atoms with Gasteiger partial charge in [-0.3, -0.25) is 15.3 Å². The van der Waals surface area contributed by atoms with E-state index in [-0.39, 0.29) is 5.75 Å². The second-order valence-electron chi connectivity index (χ2n) is 7.95. The molecule has 0 saturated heterocycles. The first kappa shape index (κ1) is 27.0. The number of hydrogen-bond acceptors (Lipinski definition) is 6. The molecule has 9 heteroatoms. The molecule has 2 atom stereocenters. The fraction of sp³-hybridized carbons (Fsp3) is 0.185. The molecular weight excluding hydrogens is 575 g/mol. The highest BCUT2D eigenvalue weighted by atomic mass is 127. The summed E-state index contributed by atoms with van der Waals surface area (Å²) in [6.07, 6.45) is 1.06. The maximum Gasteiger partial charge on any atom is 0.412 e. The molecule has 0 radical (unpaired) electrons. The zero-order chi connectivity index (χ0) is 25.9. The van der Waals surface area contributed by atoms with Crippen LogP contribution in [-0.4, -0.2) is 28.4 Å². The van der Waals surface area contributed by atoms with Gasteiger partial charge < -0.3 is 14.6 Å². The van der Waals surface area contributed by atoms with Crippen molar-refractivity contribution in [3.8, 4) is 11.5 Å². The van der Waals surface area contributed by atoms with Gasteiger partial charge in [-0.1, -0.05) is 42.0 Å². The molecule has 8 nitrogen and oxygen atoms in total. The molecule has 0 aliphatic heterocycles. The molecule has 0 spiro atoms. The zero-order valence-electron chi connectivity index (χ0n) is 19.6. The molecule has 0 bridgehead atoms. The molecule has 0 heterocycles. The lowest BCUT2D eigenvalue weighted by Gasteiger charge is -2.28. The van der Waals surface area contributed by atoms with E-state index in [4.69, 9.17) is 14.7 Å². The summed E-state index contributed by atoms with van der Waals surface area (Å²) in [6.45, 7) is 1.95. The number of carbonyl (C=O) groups excluding carboxylic acids is 2. The predicted octanol–water partition coefficient (Wildman–Crippen LogP) is 5.88. The number of amides is 2. The monoisotopic (exact) mass is 602 g/mol. The number of aryl methyl sites for hydroxylation is 1. The zero-order valence-corrected chi connectivity index (χ0v) is 21.7. The first-order valence-electron chi connectivity index (χ1n) is 11.2. The number of aromatic hydroxyl groups is 1. The minimum Gasteiger partial charge on any atom is -0.508 e. The molecule has 3 aromatic carbocycles. The molecule has 188 valence electrons. The largest absolute Gasteiger partial charge is 0.508 e. The Balaban J connectivity index is 1.91. The Bertz CT molecular complexity index is 1180. The predicted molar refractivity (Wildman–Crippen MR) is 144 cm³/mol. The Morgan fingerprint density at radius 3 is 2.47 bits per heavy atom.